The van der Waals surface area contributed by atoms with Gasteiger partial charge in [-0.3, -0.25) is 9.59 Å². The van der Waals surface area contributed by atoms with Crippen LogP contribution in [0.15, 0.2) is 10.9 Å². The first-order chi connectivity index (χ1) is 7.49. The van der Waals surface area contributed by atoms with Crippen molar-refractivity contribution in [3.63, 3.8) is 0 Å². The zero-order valence-corrected chi connectivity index (χ0v) is 9.49. The number of hydrogen-bond donors (Lipinski definition) is 2. The van der Waals surface area contributed by atoms with Crippen molar-refractivity contribution >= 4 is 5.97 Å². The summed E-state index contributed by atoms with van der Waals surface area (Å²) in [6.45, 7) is 3.92. The molecule has 0 fully saturated rings. The largest absolute Gasteiger partial charge is 0.481 e. The van der Waals surface area contributed by atoms with E-state index in [1.54, 1.807) is 0 Å². The third kappa shape index (κ3) is 3.84. The van der Waals surface area contributed by atoms with Gasteiger partial charge in [0.1, 0.15) is 5.82 Å². The molecule has 0 bridgehead atoms. The van der Waals surface area contributed by atoms with Gasteiger partial charge in [-0.05, 0) is 12.3 Å². The molecular weight excluding hydrogens is 208 g/mol. The molecule has 0 amide bonds. The quantitative estimate of drug-likeness (QED) is 0.789. The summed E-state index contributed by atoms with van der Waals surface area (Å²) in [5, 5.41) is 8.50. The van der Waals surface area contributed by atoms with Crippen LogP contribution in [0.4, 0.5) is 0 Å². The van der Waals surface area contributed by atoms with E-state index in [4.69, 9.17) is 5.11 Å². The van der Waals surface area contributed by atoms with E-state index < -0.39 is 5.97 Å². The normalized spacial score (nSPS) is 10.7. The van der Waals surface area contributed by atoms with E-state index in [2.05, 4.69) is 9.97 Å². The molecule has 0 saturated heterocycles. The Balaban J connectivity index is 2.73. The SMILES string of the molecule is CC(C)c1cc(=O)[nH]c(CCCC(=O)O)n1. The molecule has 0 saturated carbocycles. The summed E-state index contributed by atoms with van der Waals surface area (Å²) in [4.78, 5) is 28.5. The predicted molar refractivity (Wildman–Crippen MR) is 59.5 cm³/mol. The Kier molecular flexibility index (Phi) is 4.22. The number of rotatable bonds is 5. The second kappa shape index (κ2) is 5.44. The van der Waals surface area contributed by atoms with Crippen LogP contribution < -0.4 is 5.56 Å². The lowest BCUT2D eigenvalue weighted by Gasteiger charge is -2.06. The fourth-order valence-electron chi connectivity index (χ4n) is 1.35. The van der Waals surface area contributed by atoms with Crippen LogP contribution in [0.3, 0.4) is 0 Å². The summed E-state index contributed by atoms with van der Waals surface area (Å²) < 4.78 is 0. The first-order valence-corrected chi connectivity index (χ1v) is 5.31. The molecule has 2 N–H and O–H groups in total. The van der Waals surface area contributed by atoms with Crippen LogP contribution in [-0.4, -0.2) is 21.0 Å². The zero-order chi connectivity index (χ0) is 12.1. The van der Waals surface area contributed by atoms with E-state index in [0.717, 1.165) is 5.69 Å². The molecule has 0 spiro atoms. The van der Waals surface area contributed by atoms with Crippen LogP contribution in [0.5, 0.6) is 0 Å². The molecule has 0 aliphatic carbocycles. The van der Waals surface area contributed by atoms with Crippen LogP contribution in [0.1, 0.15) is 44.1 Å². The predicted octanol–water partition coefficient (Wildman–Crippen LogP) is 1.30. The summed E-state index contributed by atoms with van der Waals surface area (Å²) in [5.41, 5.74) is 0.568. The Morgan fingerprint density at radius 3 is 2.81 bits per heavy atom. The first kappa shape index (κ1) is 12.4. The Labute approximate surface area is 93.5 Å². The highest BCUT2D eigenvalue weighted by Gasteiger charge is 2.05. The number of aryl methyl sites for hydroxylation is 1. The summed E-state index contributed by atoms with van der Waals surface area (Å²) >= 11 is 0. The lowest BCUT2D eigenvalue weighted by Crippen LogP contribution is -2.13. The molecule has 0 unspecified atom stereocenters. The molecule has 16 heavy (non-hydrogen) atoms. The molecule has 0 radical (unpaired) electrons. The van der Waals surface area contributed by atoms with Gasteiger partial charge in [0.15, 0.2) is 0 Å². The van der Waals surface area contributed by atoms with Gasteiger partial charge >= 0.3 is 5.97 Å². The van der Waals surface area contributed by atoms with Gasteiger partial charge in [0.2, 0.25) is 0 Å². The van der Waals surface area contributed by atoms with Crippen molar-refractivity contribution in [3.8, 4) is 0 Å². The molecule has 5 nitrogen and oxygen atoms in total. The fourth-order valence-corrected chi connectivity index (χ4v) is 1.35. The van der Waals surface area contributed by atoms with Crippen LogP contribution in [0, 0.1) is 0 Å². The highest BCUT2D eigenvalue weighted by molar-refractivity contribution is 5.66. The second-order valence-corrected chi connectivity index (χ2v) is 4.02. The van der Waals surface area contributed by atoms with Crippen LogP contribution in [0.2, 0.25) is 0 Å². The maximum atomic E-state index is 11.3. The minimum atomic E-state index is -0.831. The lowest BCUT2D eigenvalue weighted by molar-refractivity contribution is -0.137. The minimum absolute atomic E-state index is 0.0929. The number of nitrogens with one attached hydrogen (secondary N) is 1. The average Bonchev–Trinajstić information content (AvgIpc) is 2.16. The maximum absolute atomic E-state index is 11.3. The number of aromatic nitrogens is 2. The lowest BCUT2D eigenvalue weighted by atomic mass is 10.1. The van der Waals surface area contributed by atoms with E-state index >= 15 is 0 Å². The number of nitrogens with zero attached hydrogens (tertiary/aromatic N) is 1. The summed E-state index contributed by atoms with van der Waals surface area (Å²) in [6.07, 6.45) is 1.07. The third-order valence-electron chi connectivity index (χ3n) is 2.21. The van der Waals surface area contributed by atoms with E-state index in [9.17, 15) is 9.59 Å². The van der Waals surface area contributed by atoms with Crippen molar-refractivity contribution in [2.75, 3.05) is 0 Å². The number of aromatic amines is 1. The number of H-pyrrole nitrogens is 1. The van der Waals surface area contributed by atoms with Gasteiger partial charge in [-0.1, -0.05) is 13.8 Å². The van der Waals surface area contributed by atoms with Gasteiger partial charge in [-0.15, -0.1) is 0 Å². The first-order valence-electron chi connectivity index (χ1n) is 5.31. The zero-order valence-electron chi connectivity index (χ0n) is 9.49. The van der Waals surface area contributed by atoms with E-state index in [1.807, 2.05) is 13.8 Å². The maximum Gasteiger partial charge on any atom is 0.303 e. The summed E-state index contributed by atoms with van der Waals surface area (Å²) in [6, 6.07) is 1.48. The van der Waals surface area contributed by atoms with E-state index in [-0.39, 0.29) is 17.9 Å². The highest BCUT2D eigenvalue weighted by Crippen LogP contribution is 2.09. The Morgan fingerprint density at radius 2 is 2.25 bits per heavy atom. The monoisotopic (exact) mass is 224 g/mol. The number of carboxylic acid groups (broad SMARTS) is 1. The van der Waals surface area contributed by atoms with Crippen molar-refractivity contribution in [2.45, 2.75) is 39.0 Å². The number of hydrogen-bond acceptors (Lipinski definition) is 3. The van der Waals surface area contributed by atoms with Crippen LogP contribution >= 0.6 is 0 Å². The van der Waals surface area contributed by atoms with Crippen molar-refractivity contribution in [1.29, 1.82) is 0 Å². The minimum Gasteiger partial charge on any atom is -0.481 e. The van der Waals surface area contributed by atoms with E-state index in [0.29, 0.717) is 18.7 Å². The molecule has 1 heterocycles. The Bertz CT molecular complexity index is 423. The fraction of sp³-hybridized carbons (Fsp3) is 0.545. The molecular formula is C11H16N2O3. The Morgan fingerprint density at radius 1 is 1.56 bits per heavy atom. The molecule has 0 aromatic carbocycles. The van der Waals surface area contributed by atoms with Gasteiger partial charge in [0.05, 0.1) is 5.69 Å². The topological polar surface area (TPSA) is 83.0 Å². The summed E-state index contributed by atoms with van der Waals surface area (Å²) in [5.74, 6) is -0.0691. The molecule has 1 aromatic rings. The van der Waals surface area contributed by atoms with Crippen LogP contribution in [0.25, 0.3) is 0 Å². The van der Waals surface area contributed by atoms with Crippen LogP contribution in [-0.2, 0) is 11.2 Å². The average molecular weight is 224 g/mol. The van der Waals surface area contributed by atoms with Gasteiger partial charge in [-0.2, -0.15) is 0 Å². The van der Waals surface area contributed by atoms with Gasteiger partial charge in [0.25, 0.3) is 5.56 Å². The molecule has 0 aliphatic rings. The van der Waals surface area contributed by atoms with Crippen molar-refractivity contribution in [1.82, 2.24) is 9.97 Å². The third-order valence-corrected chi connectivity index (χ3v) is 2.21. The number of carbonyl (C=O) groups is 1. The number of aliphatic carboxylic acids is 1. The summed E-state index contributed by atoms with van der Waals surface area (Å²) in [7, 11) is 0. The number of carboxylic acids is 1. The molecule has 0 atom stereocenters. The standard InChI is InChI=1S/C11H16N2O3/c1-7(2)8-6-10(14)13-9(12-8)4-3-5-11(15)16/h6-7H,3-5H2,1-2H3,(H,15,16)(H,12,13,14). The van der Waals surface area contributed by atoms with Gasteiger partial charge < -0.3 is 10.1 Å². The molecule has 1 rings (SSSR count). The highest BCUT2D eigenvalue weighted by atomic mass is 16.4. The molecule has 0 aliphatic heterocycles. The second-order valence-electron chi connectivity index (χ2n) is 4.02. The molecule has 88 valence electrons. The molecule has 5 heteroatoms. The van der Waals surface area contributed by atoms with Gasteiger partial charge in [0, 0.05) is 18.9 Å². The van der Waals surface area contributed by atoms with Crippen molar-refractivity contribution in [3.05, 3.63) is 27.9 Å². The Hall–Kier alpha value is -1.65. The van der Waals surface area contributed by atoms with Crippen molar-refractivity contribution in [2.24, 2.45) is 0 Å². The smallest absolute Gasteiger partial charge is 0.303 e. The van der Waals surface area contributed by atoms with E-state index in [1.165, 1.54) is 6.07 Å². The molecule has 1 aromatic heterocycles. The van der Waals surface area contributed by atoms with Gasteiger partial charge in [-0.25, -0.2) is 4.98 Å². The van der Waals surface area contributed by atoms with Crippen molar-refractivity contribution < 1.29 is 9.90 Å².